The third-order valence-electron chi connectivity index (χ3n) is 4.99. The number of carboxylic acid groups (broad SMARTS) is 1. The lowest BCUT2D eigenvalue weighted by Crippen LogP contribution is -2.45. The molecule has 2 aromatic rings. The van der Waals surface area contributed by atoms with Crippen molar-refractivity contribution in [3.8, 4) is 0 Å². The number of carboxylic acids is 1. The lowest BCUT2D eigenvalue weighted by atomic mass is 10.3. The molecule has 1 aliphatic heterocycles. The van der Waals surface area contributed by atoms with Crippen LogP contribution < -0.4 is 21.5 Å². The highest BCUT2D eigenvalue weighted by Gasteiger charge is 2.27. The van der Waals surface area contributed by atoms with E-state index in [-0.39, 0.29) is 11.2 Å². The first-order valence-corrected chi connectivity index (χ1v) is 9.27. The Hall–Kier alpha value is -2.88. The number of carbonyl (C=O) groups is 1. The van der Waals surface area contributed by atoms with Crippen LogP contribution in [0.15, 0.2) is 21.2 Å². The van der Waals surface area contributed by atoms with Crippen LogP contribution in [0.25, 0.3) is 11.2 Å². The van der Waals surface area contributed by atoms with Crippen molar-refractivity contribution in [2.24, 2.45) is 7.05 Å². The number of fused-ring (bicyclic) bond motifs is 1. The number of piperazine rings is 1. The second-order valence-electron chi connectivity index (χ2n) is 7.24. The number of nitrogens with zero attached hydrogens (tertiary/aromatic N) is 5. The molecule has 0 amide bonds. The Morgan fingerprint density at radius 1 is 1.29 bits per heavy atom. The monoisotopic (exact) mass is 390 g/mol. The lowest BCUT2D eigenvalue weighted by Gasteiger charge is -2.28. The van der Waals surface area contributed by atoms with Crippen LogP contribution in [0, 0.1) is 0 Å². The van der Waals surface area contributed by atoms with E-state index < -0.39 is 23.3 Å². The second-order valence-corrected chi connectivity index (χ2v) is 7.24. The van der Waals surface area contributed by atoms with Crippen molar-refractivity contribution in [2.75, 3.05) is 31.1 Å². The van der Waals surface area contributed by atoms with E-state index >= 15 is 0 Å². The van der Waals surface area contributed by atoms with Crippen molar-refractivity contribution in [2.45, 2.75) is 33.4 Å². The first-order chi connectivity index (χ1) is 13.2. The van der Waals surface area contributed by atoms with Gasteiger partial charge in [-0.05, 0) is 20.8 Å². The minimum atomic E-state index is -1.27. The zero-order valence-corrected chi connectivity index (χ0v) is 16.6. The van der Waals surface area contributed by atoms with E-state index in [2.05, 4.69) is 15.2 Å². The number of aryl methyl sites for hydroxylation is 1. The maximum atomic E-state index is 13.2. The van der Waals surface area contributed by atoms with Crippen molar-refractivity contribution >= 4 is 23.1 Å². The summed E-state index contributed by atoms with van der Waals surface area (Å²) in [6, 6.07) is -1.27. The zero-order chi connectivity index (χ0) is 20.6. The second kappa shape index (κ2) is 7.63. The molecule has 10 nitrogen and oxygen atoms in total. The maximum Gasteiger partial charge on any atom is 0.333 e. The van der Waals surface area contributed by atoms with Gasteiger partial charge in [-0.2, -0.15) is 4.98 Å². The van der Waals surface area contributed by atoms with Gasteiger partial charge >= 0.3 is 11.7 Å². The van der Waals surface area contributed by atoms with Gasteiger partial charge in [-0.3, -0.25) is 9.36 Å². The van der Waals surface area contributed by atoms with Crippen LogP contribution in [0.2, 0.25) is 0 Å². The highest BCUT2D eigenvalue weighted by atomic mass is 16.4. The molecule has 3 heterocycles. The third kappa shape index (κ3) is 3.35. The molecule has 0 aromatic carbocycles. The molecule has 0 saturated carbocycles. The average molecular weight is 390 g/mol. The molecule has 1 saturated heterocycles. The van der Waals surface area contributed by atoms with Crippen LogP contribution in [0.4, 0.5) is 5.95 Å². The van der Waals surface area contributed by atoms with E-state index in [0.717, 1.165) is 36.3 Å². The van der Waals surface area contributed by atoms with Crippen molar-refractivity contribution in [1.82, 2.24) is 24.0 Å². The smallest absolute Gasteiger partial charge is 0.333 e. The predicted octanol–water partition coefficient (Wildman–Crippen LogP) is -0.0819. The lowest BCUT2D eigenvalue weighted by molar-refractivity contribution is -0.140. The Morgan fingerprint density at radius 2 is 1.93 bits per heavy atom. The summed E-state index contributed by atoms with van der Waals surface area (Å²) < 4.78 is 3.81. The van der Waals surface area contributed by atoms with E-state index in [0.29, 0.717) is 12.5 Å². The maximum absolute atomic E-state index is 13.2. The number of imidazole rings is 1. The summed E-state index contributed by atoms with van der Waals surface area (Å²) in [4.78, 5) is 44.0. The van der Waals surface area contributed by atoms with E-state index in [1.165, 1.54) is 18.5 Å². The SMILES string of the molecule is CC(C)=CCn1c(N2CCNCC2)nc2c1c(=O)n(C(C)C(=O)O)c(=O)n2C. The molecule has 0 aliphatic carbocycles. The summed E-state index contributed by atoms with van der Waals surface area (Å²) >= 11 is 0. The fraction of sp³-hybridized carbons (Fsp3) is 0.556. The molecule has 1 fully saturated rings. The van der Waals surface area contributed by atoms with Gasteiger partial charge < -0.3 is 19.9 Å². The quantitative estimate of drug-likeness (QED) is 0.686. The zero-order valence-electron chi connectivity index (χ0n) is 16.6. The number of allylic oxidation sites excluding steroid dienone is 2. The van der Waals surface area contributed by atoms with Gasteiger partial charge in [-0.1, -0.05) is 11.6 Å². The highest BCUT2D eigenvalue weighted by molar-refractivity contribution is 5.76. The minimum Gasteiger partial charge on any atom is -0.480 e. The van der Waals surface area contributed by atoms with Crippen molar-refractivity contribution in [3.05, 3.63) is 32.5 Å². The summed E-state index contributed by atoms with van der Waals surface area (Å²) in [6.07, 6.45) is 1.97. The topological polar surface area (TPSA) is 114 Å². The molecule has 1 atom stereocenters. The van der Waals surface area contributed by atoms with Gasteiger partial charge in [0.1, 0.15) is 6.04 Å². The van der Waals surface area contributed by atoms with E-state index in [4.69, 9.17) is 0 Å². The first-order valence-electron chi connectivity index (χ1n) is 9.27. The number of hydrogen-bond donors (Lipinski definition) is 2. The molecule has 10 heteroatoms. The van der Waals surface area contributed by atoms with Crippen LogP contribution in [0.5, 0.6) is 0 Å². The van der Waals surface area contributed by atoms with Gasteiger partial charge in [0.25, 0.3) is 5.56 Å². The van der Waals surface area contributed by atoms with E-state index in [9.17, 15) is 19.5 Å². The Labute approximate surface area is 161 Å². The molecular formula is C18H26N6O4. The molecule has 3 rings (SSSR count). The Bertz CT molecular complexity index is 1050. The van der Waals surface area contributed by atoms with Crippen molar-refractivity contribution in [1.29, 1.82) is 0 Å². The van der Waals surface area contributed by atoms with Gasteiger partial charge in [-0.15, -0.1) is 0 Å². The number of rotatable bonds is 5. The first kappa shape index (κ1) is 19.9. The molecule has 152 valence electrons. The number of aromatic nitrogens is 4. The molecule has 0 radical (unpaired) electrons. The van der Waals surface area contributed by atoms with Gasteiger partial charge in [0.05, 0.1) is 0 Å². The molecule has 0 spiro atoms. The third-order valence-corrected chi connectivity index (χ3v) is 4.99. The largest absolute Gasteiger partial charge is 0.480 e. The van der Waals surface area contributed by atoms with Crippen molar-refractivity contribution < 1.29 is 9.90 Å². The van der Waals surface area contributed by atoms with E-state index in [1.807, 2.05) is 19.9 Å². The summed E-state index contributed by atoms with van der Waals surface area (Å²) in [6.45, 7) is 8.71. The summed E-state index contributed by atoms with van der Waals surface area (Å²) in [5, 5.41) is 12.6. The van der Waals surface area contributed by atoms with Crippen LogP contribution in [-0.2, 0) is 18.4 Å². The summed E-state index contributed by atoms with van der Waals surface area (Å²) in [7, 11) is 1.51. The Balaban J connectivity index is 2.35. The van der Waals surface area contributed by atoms with Gasteiger partial charge in [-0.25, -0.2) is 14.2 Å². The van der Waals surface area contributed by atoms with Gasteiger partial charge in [0, 0.05) is 39.8 Å². The average Bonchev–Trinajstić information content (AvgIpc) is 3.05. The highest BCUT2D eigenvalue weighted by Crippen LogP contribution is 2.21. The molecule has 2 aromatic heterocycles. The molecular weight excluding hydrogens is 364 g/mol. The van der Waals surface area contributed by atoms with Crippen LogP contribution >= 0.6 is 0 Å². The number of anilines is 1. The molecule has 1 aliphatic rings. The predicted molar refractivity (Wildman–Crippen MR) is 106 cm³/mol. The molecule has 1 unspecified atom stereocenters. The fourth-order valence-corrected chi connectivity index (χ4v) is 3.33. The molecule has 2 N–H and O–H groups in total. The van der Waals surface area contributed by atoms with Crippen LogP contribution in [0.1, 0.15) is 26.8 Å². The standard InChI is InChI=1S/C18H26N6O4/c1-11(2)5-8-23-13-14(20-17(23)22-9-6-19-7-10-22)21(4)18(28)24(15(13)25)12(3)16(26)27/h5,12,19H,6-10H2,1-4H3,(H,26,27). The van der Waals surface area contributed by atoms with Crippen molar-refractivity contribution in [3.63, 3.8) is 0 Å². The number of nitrogens with one attached hydrogen (secondary N) is 1. The summed E-state index contributed by atoms with van der Waals surface area (Å²) in [5.41, 5.74) is 0.257. The van der Waals surface area contributed by atoms with Gasteiger partial charge in [0.2, 0.25) is 5.95 Å². The minimum absolute atomic E-state index is 0.237. The molecule has 28 heavy (non-hydrogen) atoms. The van der Waals surface area contributed by atoms with Crippen LogP contribution in [0.3, 0.4) is 0 Å². The normalized spacial score (nSPS) is 15.6. The fourth-order valence-electron chi connectivity index (χ4n) is 3.33. The molecule has 0 bridgehead atoms. The van der Waals surface area contributed by atoms with Crippen LogP contribution in [-0.4, -0.2) is 55.9 Å². The van der Waals surface area contributed by atoms with E-state index in [1.54, 1.807) is 4.57 Å². The van der Waals surface area contributed by atoms with Gasteiger partial charge in [0.15, 0.2) is 11.2 Å². The Morgan fingerprint density at radius 3 is 2.50 bits per heavy atom. The summed E-state index contributed by atoms with van der Waals surface area (Å²) in [5.74, 6) is -0.627. The number of aliphatic carboxylic acids is 1. The Kier molecular flexibility index (Phi) is 5.41. The number of hydrogen-bond acceptors (Lipinski definition) is 6.